The highest BCUT2D eigenvalue weighted by molar-refractivity contribution is 5.95. The number of benzene rings is 1. The highest BCUT2D eigenvalue weighted by atomic mass is 15.3. The van der Waals surface area contributed by atoms with Gasteiger partial charge < -0.3 is 5.73 Å². The molecule has 3 heterocycles. The van der Waals surface area contributed by atoms with Crippen LogP contribution in [0.5, 0.6) is 0 Å². The molecule has 1 aromatic carbocycles. The average Bonchev–Trinajstić information content (AvgIpc) is 3.32. The van der Waals surface area contributed by atoms with Crippen LogP contribution < -0.4 is 5.73 Å². The summed E-state index contributed by atoms with van der Waals surface area (Å²) in [5.74, 6) is 1.25. The van der Waals surface area contributed by atoms with Crippen molar-refractivity contribution in [1.82, 2.24) is 35.2 Å². The summed E-state index contributed by atoms with van der Waals surface area (Å²) in [7, 11) is 0. The van der Waals surface area contributed by atoms with E-state index in [1.54, 1.807) is 6.20 Å². The minimum absolute atomic E-state index is 0.480. The molecule has 0 unspecified atom stereocenters. The number of nitrogens with one attached hydrogen (secondary N) is 2. The molecule has 0 saturated heterocycles. The maximum Gasteiger partial charge on any atom is 0.182 e. The van der Waals surface area contributed by atoms with Gasteiger partial charge in [0.1, 0.15) is 5.69 Å². The number of aromatic amines is 2. The first kappa shape index (κ1) is 15.1. The molecular weight excluding hydrogens is 316 g/mol. The normalized spacial score (nSPS) is 11.3. The summed E-state index contributed by atoms with van der Waals surface area (Å²) in [6.45, 7) is 8.57. The van der Waals surface area contributed by atoms with Crippen LogP contribution in [0.2, 0.25) is 0 Å². The third kappa shape index (κ3) is 2.47. The van der Waals surface area contributed by atoms with Crippen LogP contribution in [0, 0.1) is 6.92 Å². The summed E-state index contributed by atoms with van der Waals surface area (Å²) >= 11 is 0. The van der Waals surface area contributed by atoms with Gasteiger partial charge in [0.15, 0.2) is 11.6 Å². The average molecular weight is 334 g/mol. The van der Waals surface area contributed by atoms with Gasteiger partial charge in [0.25, 0.3) is 0 Å². The van der Waals surface area contributed by atoms with E-state index in [0.29, 0.717) is 17.3 Å². The molecule has 3 aromatic heterocycles. The topological polar surface area (TPSA) is 114 Å². The van der Waals surface area contributed by atoms with Crippen molar-refractivity contribution in [2.24, 2.45) is 5.73 Å². The van der Waals surface area contributed by atoms with Crippen LogP contribution in [0.1, 0.15) is 18.2 Å². The fraction of sp³-hybridized carbons (Fsp3) is 0.176. The molecule has 0 fully saturated rings. The molecule has 25 heavy (non-hydrogen) atoms. The molecule has 0 radical (unpaired) electrons. The number of aromatic nitrogens is 7. The zero-order valence-electron chi connectivity index (χ0n) is 14.0. The van der Waals surface area contributed by atoms with E-state index in [1.807, 2.05) is 36.7 Å². The second-order valence-corrected chi connectivity index (χ2v) is 5.87. The maximum atomic E-state index is 5.87. The van der Waals surface area contributed by atoms with Crippen molar-refractivity contribution in [3.05, 3.63) is 42.2 Å². The number of hydrogen-bond donors (Lipinski definition) is 3. The molecule has 0 aliphatic heterocycles. The Kier molecular flexibility index (Phi) is 3.38. The van der Waals surface area contributed by atoms with E-state index in [-0.39, 0.29) is 0 Å². The third-order valence-corrected chi connectivity index (χ3v) is 4.10. The van der Waals surface area contributed by atoms with E-state index in [4.69, 9.17) is 5.73 Å². The van der Waals surface area contributed by atoms with Crippen LogP contribution in [0.15, 0.2) is 31.0 Å². The Bertz CT molecular complexity index is 1080. The first-order chi connectivity index (χ1) is 12.1. The highest BCUT2D eigenvalue weighted by Crippen LogP contribution is 2.29. The van der Waals surface area contributed by atoms with Crippen molar-refractivity contribution in [3.63, 3.8) is 0 Å². The number of fused-ring (bicyclic) bond motifs is 1. The van der Waals surface area contributed by atoms with Gasteiger partial charge in [-0.2, -0.15) is 15.3 Å². The molecule has 0 bridgehead atoms. The first-order valence-electron chi connectivity index (χ1n) is 7.96. The molecule has 126 valence electrons. The van der Waals surface area contributed by atoms with Gasteiger partial charge in [-0.3, -0.25) is 14.9 Å². The van der Waals surface area contributed by atoms with E-state index >= 15 is 0 Å². The van der Waals surface area contributed by atoms with E-state index < -0.39 is 0 Å². The monoisotopic (exact) mass is 334 g/mol. The Morgan fingerprint density at radius 3 is 2.88 bits per heavy atom. The van der Waals surface area contributed by atoms with Crippen molar-refractivity contribution in [2.45, 2.75) is 20.4 Å². The van der Waals surface area contributed by atoms with Gasteiger partial charge in [0.05, 0.1) is 17.4 Å². The molecule has 4 N–H and O–H groups in total. The Morgan fingerprint density at radius 1 is 1.28 bits per heavy atom. The molecule has 4 rings (SSSR count). The number of rotatable bonds is 4. The Labute approximate surface area is 143 Å². The van der Waals surface area contributed by atoms with Crippen LogP contribution in [0.3, 0.4) is 0 Å². The van der Waals surface area contributed by atoms with Crippen LogP contribution in [0.4, 0.5) is 0 Å². The molecule has 4 aromatic rings. The molecule has 8 heteroatoms. The van der Waals surface area contributed by atoms with E-state index in [1.165, 1.54) is 0 Å². The van der Waals surface area contributed by atoms with Gasteiger partial charge in [-0.1, -0.05) is 6.58 Å². The first-order valence-corrected chi connectivity index (χ1v) is 7.96. The van der Waals surface area contributed by atoms with Crippen molar-refractivity contribution in [3.8, 4) is 22.9 Å². The smallest absolute Gasteiger partial charge is 0.182 e. The van der Waals surface area contributed by atoms with Crippen molar-refractivity contribution >= 4 is 16.6 Å². The number of H-pyrrole nitrogens is 2. The van der Waals surface area contributed by atoms with Crippen molar-refractivity contribution in [1.29, 1.82) is 0 Å². The van der Waals surface area contributed by atoms with E-state index in [9.17, 15) is 0 Å². The SMILES string of the molecule is C=C(N)c1cc(-c2n[nH]c(-c3cc(C)nn3CC)n2)c2cn[nH]c2c1. The molecule has 0 aliphatic rings. The predicted octanol–water partition coefficient (Wildman–Crippen LogP) is 2.47. The Balaban J connectivity index is 1.86. The molecule has 0 spiro atoms. The Morgan fingerprint density at radius 2 is 2.12 bits per heavy atom. The summed E-state index contributed by atoms with van der Waals surface area (Å²) < 4.78 is 1.89. The second kappa shape index (κ2) is 5.59. The lowest BCUT2D eigenvalue weighted by atomic mass is 10.0. The number of nitrogens with zero attached hydrogens (tertiary/aromatic N) is 5. The van der Waals surface area contributed by atoms with Gasteiger partial charge in [-0.25, -0.2) is 4.98 Å². The Hall–Kier alpha value is -3.42. The minimum atomic E-state index is 0.480. The summed E-state index contributed by atoms with van der Waals surface area (Å²) in [5, 5.41) is 19.8. The largest absolute Gasteiger partial charge is 0.399 e. The summed E-state index contributed by atoms with van der Waals surface area (Å²) in [6, 6.07) is 5.83. The highest BCUT2D eigenvalue weighted by Gasteiger charge is 2.16. The zero-order valence-corrected chi connectivity index (χ0v) is 14.0. The van der Waals surface area contributed by atoms with Crippen LogP contribution >= 0.6 is 0 Å². The van der Waals surface area contributed by atoms with Gasteiger partial charge >= 0.3 is 0 Å². The number of aryl methyl sites for hydroxylation is 2. The lowest BCUT2D eigenvalue weighted by molar-refractivity contribution is 0.657. The van der Waals surface area contributed by atoms with Gasteiger partial charge in [-0.15, -0.1) is 0 Å². The molecule has 0 atom stereocenters. The van der Waals surface area contributed by atoms with Crippen molar-refractivity contribution in [2.75, 3.05) is 0 Å². The molecule has 0 saturated carbocycles. The predicted molar refractivity (Wildman–Crippen MR) is 96.3 cm³/mol. The molecule has 8 nitrogen and oxygen atoms in total. The fourth-order valence-electron chi connectivity index (χ4n) is 2.90. The lowest BCUT2D eigenvalue weighted by Gasteiger charge is -2.04. The van der Waals surface area contributed by atoms with Gasteiger partial charge in [0, 0.05) is 23.2 Å². The molecule has 0 amide bonds. The van der Waals surface area contributed by atoms with Gasteiger partial charge in [-0.05, 0) is 37.6 Å². The second-order valence-electron chi connectivity index (χ2n) is 5.87. The summed E-state index contributed by atoms with van der Waals surface area (Å²) in [5.41, 5.74) is 10.7. The van der Waals surface area contributed by atoms with Crippen LogP contribution in [-0.2, 0) is 6.54 Å². The quantitative estimate of drug-likeness (QED) is 0.530. The maximum absolute atomic E-state index is 5.87. The standard InChI is InChI=1S/C17H18N8/c1-4-25-15(5-9(2)24-25)17-20-16(22-23-17)12-6-11(10(3)18)7-14-13(12)8-19-21-14/h5-8H,3-4,18H2,1-2H3,(H,19,21)(H,20,22,23). The molecule has 0 aliphatic carbocycles. The lowest BCUT2D eigenvalue weighted by Crippen LogP contribution is -2.00. The van der Waals surface area contributed by atoms with Crippen molar-refractivity contribution < 1.29 is 0 Å². The van der Waals surface area contributed by atoms with Crippen LogP contribution in [0.25, 0.3) is 39.5 Å². The van der Waals surface area contributed by atoms with Gasteiger partial charge in [0.2, 0.25) is 0 Å². The minimum Gasteiger partial charge on any atom is -0.399 e. The summed E-state index contributed by atoms with van der Waals surface area (Å²) in [6.07, 6.45) is 1.75. The van der Waals surface area contributed by atoms with E-state index in [0.717, 1.165) is 40.0 Å². The fourth-order valence-corrected chi connectivity index (χ4v) is 2.90. The number of nitrogens with two attached hydrogens (primary N) is 1. The van der Waals surface area contributed by atoms with Crippen LogP contribution in [-0.4, -0.2) is 35.2 Å². The third-order valence-electron chi connectivity index (χ3n) is 4.10. The summed E-state index contributed by atoms with van der Waals surface area (Å²) in [4.78, 5) is 4.66. The molecular formula is C17H18N8. The zero-order chi connectivity index (χ0) is 17.6. The van der Waals surface area contributed by atoms with E-state index in [2.05, 4.69) is 37.1 Å². The number of hydrogen-bond acceptors (Lipinski definition) is 5.